The third kappa shape index (κ3) is 0.738. The average Bonchev–Trinajstić information content (AvgIpc) is 2.82. The maximum atomic E-state index is 4.34. The first-order valence-electron chi connectivity index (χ1n) is 4.47. The zero-order chi connectivity index (χ0) is 9.71. The van der Waals surface area contributed by atoms with Crippen molar-refractivity contribution in [2.75, 3.05) is 6.67 Å². The van der Waals surface area contributed by atoms with Gasteiger partial charge in [-0.05, 0) is 13.8 Å². The molecule has 14 heavy (non-hydrogen) atoms. The molecule has 0 saturated heterocycles. The van der Waals surface area contributed by atoms with E-state index in [-0.39, 0.29) is 0 Å². The average molecular weight is 184 g/mol. The molecule has 2 heterocycles. The van der Waals surface area contributed by atoms with Gasteiger partial charge < -0.3 is 0 Å². The second-order valence-corrected chi connectivity index (χ2v) is 3.43. The summed E-state index contributed by atoms with van der Waals surface area (Å²) in [6, 6.07) is 2.64. The number of benzene rings is 1. The van der Waals surface area contributed by atoms with E-state index in [1.165, 1.54) is 0 Å². The lowest BCUT2D eigenvalue weighted by Gasteiger charge is -2.02. The Hall–Kier alpha value is -1.80. The van der Waals surface area contributed by atoms with Crippen molar-refractivity contribution in [1.29, 1.82) is 0 Å². The van der Waals surface area contributed by atoms with E-state index in [1.807, 2.05) is 13.8 Å². The Morgan fingerprint density at radius 2 is 1.43 bits per heavy atom. The smallest absolute Gasteiger partial charge is 0.130 e. The molecule has 2 aliphatic rings. The van der Waals surface area contributed by atoms with Crippen LogP contribution in [0.25, 0.3) is 0 Å². The zero-order valence-corrected chi connectivity index (χ0v) is 8.00. The highest BCUT2D eigenvalue weighted by Crippen LogP contribution is 2.33. The molecule has 4 nitrogen and oxygen atoms in total. The lowest BCUT2D eigenvalue weighted by atomic mass is 10.1. The van der Waals surface area contributed by atoms with Crippen LogP contribution >= 0.6 is 0 Å². The summed E-state index contributed by atoms with van der Waals surface area (Å²) in [6.45, 7) is 4.55. The summed E-state index contributed by atoms with van der Waals surface area (Å²) < 4.78 is 0. The predicted molar refractivity (Wildman–Crippen MR) is 52.3 cm³/mol. The number of hydrogen-bond donors (Lipinski definition) is 0. The minimum atomic E-state index is 0.535. The molecular formula is C10H8N4. The van der Waals surface area contributed by atoms with Crippen molar-refractivity contribution in [2.45, 2.75) is 13.8 Å². The Balaban J connectivity index is 2.61. The Bertz CT molecular complexity index is 568. The fraction of sp³-hybridized carbons (Fsp3) is 0.300. The van der Waals surface area contributed by atoms with E-state index in [0.717, 1.165) is 33.2 Å². The van der Waals surface area contributed by atoms with Gasteiger partial charge in [-0.25, -0.2) is 0 Å². The summed E-state index contributed by atoms with van der Waals surface area (Å²) in [5, 5.41) is 1.95. The van der Waals surface area contributed by atoms with Crippen molar-refractivity contribution >= 4 is 17.4 Å². The van der Waals surface area contributed by atoms with Crippen molar-refractivity contribution in [1.82, 2.24) is 0 Å². The topological polar surface area (TPSA) is 49.4 Å². The fourth-order valence-electron chi connectivity index (χ4n) is 1.90. The number of aliphatic imine (C=N–C) groups is 2. The molecule has 0 spiro atoms. The highest BCUT2D eigenvalue weighted by Gasteiger charge is 2.17. The summed E-state index contributed by atoms with van der Waals surface area (Å²) in [6.07, 6.45) is 0. The molecule has 1 aromatic carbocycles. The number of rotatable bonds is 0. The molecule has 0 atom stereocenters. The Morgan fingerprint density at radius 1 is 0.929 bits per heavy atom. The van der Waals surface area contributed by atoms with Gasteiger partial charge in [0.25, 0.3) is 0 Å². The van der Waals surface area contributed by atoms with Crippen LogP contribution in [0.4, 0.5) is 11.4 Å². The highest BCUT2D eigenvalue weighted by molar-refractivity contribution is 5.79. The van der Waals surface area contributed by atoms with Gasteiger partial charge in [-0.1, -0.05) is 0 Å². The first-order valence-corrected chi connectivity index (χ1v) is 4.47. The van der Waals surface area contributed by atoms with Gasteiger partial charge in [0, 0.05) is 11.1 Å². The molecule has 0 bridgehead atoms. The second kappa shape index (κ2) is 2.36. The van der Waals surface area contributed by atoms with Crippen molar-refractivity contribution in [3.8, 4) is 0 Å². The van der Waals surface area contributed by atoms with Gasteiger partial charge in [0.05, 0.1) is 10.7 Å². The minimum Gasteiger partial charge on any atom is -0.259 e. The molecule has 68 valence electrons. The maximum absolute atomic E-state index is 4.34. The first-order chi connectivity index (χ1) is 6.79. The largest absolute Gasteiger partial charge is 0.259 e. The van der Waals surface area contributed by atoms with E-state index in [0.29, 0.717) is 6.67 Å². The van der Waals surface area contributed by atoms with E-state index in [2.05, 4.69) is 26.0 Å². The van der Waals surface area contributed by atoms with Crippen LogP contribution in [0.2, 0.25) is 0 Å². The molecule has 0 N–H and O–H groups in total. The van der Waals surface area contributed by atoms with Crippen LogP contribution in [0.15, 0.2) is 20.0 Å². The molecule has 0 aromatic heterocycles. The van der Waals surface area contributed by atoms with E-state index >= 15 is 0 Å². The lowest BCUT2D eigenvalue weighted by molar-refractivity contribution is 1.05. The first kappa shape index (κ1) is 7.59. The van der Waals surface area contributed by atoms with E-state index < -0.39 is 0 Å². The standard InChI is InChI=1S/C10H8N4/c1-5-7-9(13-3-11-7)6(2)10-8(5)12-4-14-10/h3H2,1-2H3. The molecule has 0 saturated carbocycles. The van der Waals surface area contributed by atoms with Crippen molar-refractivity contribution in [2.24, 2.45) is 20.0 Å². The molecule has 1 aromatic rings. The van der Waals surface area contributed by atoms with Gasteiger partial charge >= 0.3 is 0 Å². The zero-order valence-electron chi connectivity index (χ0n) is 8.00. The molecule has 3 rings (SSSR count). The number of fused-ring (bicyclic) bond motifs is 2. The SMILES string of the molecule is Cc1c2c(c(C)c3c1=NCN=3)N=C=N2. The molecular weight excluding hydrogens is 176 g/mol. The third-order valence-electron chi connectivity index (χ3n) is 2.65. The Morgan fingerprint density at radius 3 is 1.93 bits per heavy atom. The summed E-state index contributed by atoms with van der Waals surface area (Å²) in [4.78, 5) is 16.9. The van der Waals surface area contributed by atoms with Gasteiger partial charge in [0.2, 0.25) is 0 Å². The second-order valence-electron chi connectivity index (χ2n) is 3.43. The maximum Gasteiger partial charge on any atom is 0.130 e. The lowest BCUT2D eigenvalue weighted by Crippen LogP contribution is -2.27. The quantitative estimate of drug-likeness (QED) is 0.585. The van der Waals surface area contributed by atoms with E-state index in [4.69, 9.17) is 0 Å². The van der Waals surface area contributed by atoms with Crippen LogP contribution < -0.4 is 10.7 Å². The molecule has 0 fully saturated rings. The van der Waals surface area contributed by atoms with Gasteiger partial charge in [0.15, 0.2) is 0 Å². The van der Waals surface area contributed by atoms with Crippen LogP contribution in [0.3, 0.4) is 0 Å². The van der Waals surface area contributed by atoms with Crippen LogP contribution in [0.1, 0.15) is 11.1 Å². The Labute approximate surface area is 80.5 Å². The Kier molecular flexibility index (Phi) is 1.28. The number of nitrogens with zero attached hydrogens (tertiary/aromatic N) is 4. The van der Waals surface area contributed by atoms with E-state index in [1.54, 1.807) is 0 Å². The van der Waals surface area contributed by atoms with E-state index in [9.17, 15) is 0 Å². The molecule has 0 unspecified atom stereocenters. The third-order valence-corrected chi connectivity index (χ3v) is 2.65. The van der Waals surface area contributed by atoms with Crippen LogP contribution in [0.5, 0.6) is 0 Å². The molecule has 0 radical (unpaired) electrons. The van der Waals surface area contributed by atoms with Crippen molar-refractivity contribution in [3.63, 3.8) is 0 Å². The van der Waals surface area contributed by atoms with Gasteiger partial charge in [-0.2, -0.15) is 9.98 Å². The number of hydrogen-bond acceptors (Lipinski definition) is 4. The minimum absolute atomic E-state index is 0.535. The highest BCUT2D eigenvalue weighted by atomic mass is 15.0. The molecule has 0 amide bonds. The van der Waals surface area contributed by atoms with Crippen LogP contribution in [-0.2, 0) is 0 Å². The predicted octanol–water partition coefficient (Wildman–Crippen LogP) is 0.964. The summed E-state index contributed by atoms with van der Waals surface area (Å²) in [5.41, 5.74) is 3.94. The molecule has 2 aliphatic heterocycles. The van der Waals surface area contributed by atoms with Crippen molar-refractivity contribution < 1.29 is 0 Å². The fourth-order valence-corrected chi connectivity index (χ4v) is 1.90. The molecule has 0 aliphatic carbocycles. The summed E-state index contributed by atoms with van der Waals surface area (Å²) in [5.74, 6) is 0. The van der Waals surface area contributed by atoms with Crippen LogP contribution in [0, 0.1) is 13.8 Å². The van der Waals surface area contributed by atoms with Gasteiger partial charge in [-0.15, -0.1) is 0 Å². The normalized spacial score (nSPS) is 15.0. The molecule has 4 heteroatoms. The van der Waals surface area contributed by atoms with Crippen LogP contribution in [-0.4, -0.2) is 12.7 Å². The van der Waals surface area contributed by atoms with Gasteiger partial charge in [-0.3, -0.25) is 9.98 Å². The van der Waals surface area contributed by atoms with Crippen molar-refractivity contribution in [3.05, 3.63) is 21.8 Å². The monoisotopic (exact) mass is 184 g/mol. The van der Waals surface area contributed by atoms with Gasteiger partial charge in [0.1, 0.15) is 24.1 Å². The summed E-state index contributed by atoms with van der Waals surface area (Å²) >= 11 is 0. The summed E-state index contributed by atoms with van der Waals surface area (Å²) in [7, 11) is 0.